The van der Waals surface area contributed by atoms with Gasteiger partial charge in [-0.25, -0.2) is 4.39 Å². The van der Waals surface area contributed by atoms with E-state index in [1.54, 1.807) is 37.5 Å². The van der Waals surface area contributed by atoms with E-state index in [4.69, 9.17) is 0 Å². The van der Waals surface area contributed by atoms with Gasteiger partial charge in [0, 0.05) is 18.0 Å². The molecule has 1 aromatic heterocycles. The van der Waals surface area contributed by atoms with Crippen molar-refractivity contribution in [3.05, 3.63) is 59.2 Å². The van der Waals surface area contributed by atoms with Gasteiger partial charge >= 0.3 is 0 Å². The van der Waals surface area contributed by atoms with Crippen molar-refractivity contribution in [3.63, 3.8) is 0 Å². The maximum absolute atomic E-state index is 13.6. The smallest absolute Gasteiger partial charge is 0.197 e. The van der Waals surface area contributed by atoms with E-state index in [1.807, 2.05) is 0 Å². The molecule has 0 saturated carbocycles. The fourth-order valence-corrected chi connectivity index (χ4v) is 1.44. The van der Waals surface area contributed by atoms with Crippen LogP contribution in [0.1, 0.15) is 21.5 Å². The Hall–Kier alpha value is -1.90. The summed E-state index contributed by atoms with van der Waals surface area (Å²) >= 11 is 0. The van der Waals surface area contributed by atoms with Crippen molar-refractivity contribution < 1.29 is 9.18 Å². The van der Waals surface area contributed by atoms with Crippen LogP contribution in [-0.2, 0) is 0 Å². The SMILES string of the molecule is Cc1cccc(C(=O)c2cc[nH]c2)c1F. The number of carbonyl (C=O) groups excluding carboxylic acids is 1. The molecule has 0 unspecified atom stereocenters. The molecule has 0 amide bonds. The summed E-state index contributed by atoms with van der Waals surface area (Å²) in [5.41, 5.74) is 1.07. The Bertz CT molecular complexity index is 488. The Balaban J connectivity index is 2.47. The quantitative estimate of drug-likeness (QED) is 0.748. The first kappa shape index (κ1) is 9.65. The zero-order valence-corrected chi connectivity index (χ0v) is 8.25. The van der Waals surface area contributed by atoms with Gasteiger partial charge in [0.1, 0.15) is 5.82 Å². The minimum absolute atomic E-state index is 0.120. The third-order valence-corrected chi connectivity index (χ3v) is 2.30. The molecule has 3 heteroatoms. The van der Waals surface area contributed by atoms with Gasteiger partial charge in [0.25, 0.3) is 0 Å². The van der Waals surface area contributed by atoms with Crippen LogP contribution in [0.5, 0.6) is 0 Å². The van der Waals surface area contributed by atoms with Crippen molar-refractivity contribution in [1.82, 2.24) is 4.98 Å². The maximum atomic E-state index is 13.6. The number of aromatic nitrogens is 1. The lowest BCUT2D eigenvalue weighted by Gasteiger charge is -2.02. The molecule has 15 heavy (non-hydrogen) atoms. The number of hydrogen-bond donors (Lipinski definition) is 1. The molecular formula is C12H10FNO. The number of hydrogen-bond acceptors (Lipinski definition) is 1. The van der Waals surface area contributed by atoms with Gasteiger partial charge in [0.15, 0.2) is 5.78 Å². The number of halogens is 1. The summed E-state index contributed by atoms with van der Waals surface area (Å²) in [4.78, 5) is 14.6. The second-order valence-electron chi connectivity index (χ2n) is 3.37. The largest absolute Gasteiger partial charge is 0.367 e. The van der Waals surface area contributed by atoms with Gasteiger partial charge in [-0.05, 0) is 24.6 Å². The molecule has 1 heterocycles. The van der Waals surface area contributed by atoms with Gasteiger partial charge in [-0.2, -0.15) is 0 Å². The minimum atomic E-state index is -0.441. The predicted molar refractivity (Wildman–Crippen MR) is 55.4 cm³/mol. The summed E-state index contributed by atoms with van der Waals surface area (Å²) in [6.07, 6.45) is 3.20. The zero-order chi connectivity index (χ0) is 10.8. The average Bonchev–Trinajstić information content (AvgIpc) is 2.74. The van der Waals surface area contributed by atoms with Crippen LogP contribution in [0.4, 0.5) is 4.39 Å². The summed E-state index contributed by atoms with van der Waals surface area (Å²) in [7, 11) is 0. The second-order valence-corrected chi connectivity index (χ2v) is 3.37. The number of carbonyl (C=O) groups is 1. The lowest BCUT2D eigenvalue weighted by atomic mass is 10.0. The van der Waals surface area contributed by atoms with E-state index in [0.717, 1.165) is 0 Å². The van der Waals surface area contributed by atoms with E-state index in [0.29, 0.717) is 11.1 Å². The molecule has 0 fully saturated rings. The molecule has 0 aliphatic carbocycles. The van der Waals surface area contributed by atoms with Crippen LogP contribution in [0.2, 0.25) is 0 Å². The molecule has 0 spiro atoms. The standard InChI is InChI=1S/C12H10FNO/c1-8-3-2-4-10(11(8)13)12(15)9-5-6-14-7-9/h2-7,14H,1H3. The van der Waals surface area contributed by atoms with Gasteiger partial charge in [-0.1, -0.05) is 12.1 Å². The summed E-state index contributed by atoms with van der Waals surface area (Å²) in [5, 5.41) is 0. The Morgan fingerprint density at radius 1 is 1.33 bits per heavy atom. The van der Waals surface area contributed by atoms with E-state index in [9.17, 15) is 9.18 Å². The third kappa shape index (κ3) is 1.68. The molecule has 0 radical (unpaired) electrons. The zero-order valence-electron chi connectivity index (χ0n) is 8.25. The van der Waals surface area contributed by atoms with Crippen molar-refractivity contribution in [2.24, 2.45) is 0 Å². The van der Waals surface area contributed by atoms with E-state index < -0.39 is 5.82 Å². The highest BCUT2D eigenvalue weighted by atomic mass is 19.1. The molecule has 2 rings (SSSR count). The van der Waals surface area contributed by atoms with Crippen molar-refractivity contribution in [2.75, 3.05) is 0 Å². The maximum Gasteiger partial charge on any atom is 0.197 e. The lowest BCUT2D eigenvalue weighted by molar-refractivity contribution is 0.103. The molecule has 0 saturated heterocycles. The molecule has 0 atom stereocenters. The number of nitrogens with one attached hydrogen (secondary N) is 1. The van der Waals surface area contributed by atoms with Crippen LogP contribution in [0.3, 0.4) is 0 Å². The number of benzene rings is 1. The molecular weight excluding hydrogens is 193 g/mol. The molecule has 0 aliphatic heterocycles. The highest BCUT2D eigenvalue weighted by molar-refractivity contribution is 6.09. The predicted octanol–water partition coefficient (Wildman–Crippen LogP) is 2.69. The molecule has 76 valence electrons. The molecule has 1 aromatic carbocycles. The minimum Gasteiger partial charge on any atom is -0.367 e. The Labute approximate surface area is 86.8 Å². The fraction of sp³-hybridized carbons (Fsp3) is 0.0833. The Morgan fingerprint density at radius 3 is 2.80 bits per heavy atom. The lowest BCUT2D eigenvalue weighted by Crippen LogP contribution is -2.04. The first-order chi connectivity index (χ1) is 7.20. The normalized spacial score (nSPS) is 10.3. The van der Waals surface area contributed by atoms with Gasteiger partial charge in [-0.15, -0.1) is 0 Å². The van der Waals surface area contributed by atoms with Crippen LogP contribution in [-0.4, -0.2) is 10.8 Å². The topological polar surface area (TPSA) is 32.9 Å². The highest BCUT2D eigenvalue weighted by Crippen LogP contribution is 2.15. The number of ketones is 1. The number of aromatic amines is 1. The molecule has 1 N–H and O–H groups in total. The van der Waals surface area contributed by atoms with Gasteiger partial charge in [-0.3, -0.25) is 4.79 Å². The van der Waals surface area contributed by atoms with E-state index in [-0.39, 0.29) is 11.3 Å². The van der Waals surface area contributed by atoms with Crippen LogP contribution < -0.4 is 0 Å². The van der Waals surface area contributed by atoms with E-state index >= 15 is 0 Å². The molecule has 2 aromatic rings. The van der Waals surface area contributed by atoms with Gasteiger partial charge in [0.2, 0.25) is 0 Å². The number of rotatable bonds is 2. The first-order valence-electron chi connectivity index (χ1n) is 4.63. The fourth-order valence-electron chi connectivity index (χ4n) is 1.44. The molecule has 2 nitrogen and oxygen atoms in total. The first-order valence-corrected chi connectivity index (χ1v) is 4.63. The van der Waals surface area contributed by atoms with Crippen molar-refractivity contribution in [2.45, 2.75) is 6.92 Å². The summed E-state index contributed by atoms with van der Waals surface area (Å²) < 4.78 is 13.6. The summed E-state index contributed by atoms with van der Waals surface area (Å²) in [6, 6.07) is 6.45. The van der Waals surface area contributed by atoms with Crippen LogP contribution in [0, 0.1) is 12.7 Å². The van der Waals surface area contributed by atoms with E-state index in [2.05, 4.69) is 4.98 Å². The van der Waals surface area contributed by atoms with Crippen LogP contribution in [0.15, 0.2) is 36.7 Å². The van der Waals surface area contributed by atoms with Crippen molar-refractivity contribution in [1.29, 1.82) is 0 Å². The monoisotopic (exact) mass is 203 g/mol. The Kier molecular flexibility index (Phi) is 2.37. The molecule has 0 aliphatic rings. The van der Waals surface area contributed by atoms with E-state index in [1.165, 1.54) is 6.07 Å². The van der Waals surface area contributed by atoms with Crippen molar-refractivity contribution >= 4 is 5.78 Å². The highest BCUT2D eigenvalue weighted by Gasteiger charge is 2.14. The third-order valence-electron chi connectivity index (χ3n) is 2.30. The molecule has 0 bridgehead atoms. The summed E-state index contributed by atoms with van der Waals surface area (Å²) in [6.45, 7) is 1.64. The van der Waals surface area contributed by atoms with Gasteiger partial charge < -0.3 is 4.98 Å². The Morgan fingerprint density at radius 2 is 2.13 bits per heavy atom. The second kappa shape index (κ2) is 3.69. The number of aryl methyl sites for hydroxylation is 1. The average molecular weight is 203 g/mol. The van der Waals surface area contributed by atoms with Crippen LogP contribution in [0.25, 0.3) is 0 Å². The van der Waals surface area contributed by atoms with Crippen molar-refractivity contribution in [3.8, 4) is 0 Å². The number of H-pyrrole nitrogens is 1. The summed E-state index contributed by atoms with van der Waals surface area (Å²) in [5.74, 6) is -0.735. The van der Waals surface area contributed by atoms with Crippen LogP contribution >= 0.6 is 0 Å². The van der Waals surface area contributed by atoms with Gasteiger partial charge in [0.05, 0.1) is 5.56 Å².